The van der Waals surface area contributed by atoms with Gasteiger partial charge in [-0.05, 0) is 20.3 Å². The maximum atomic E-state index is 4.05. The van der Waals surface area contributed by atoms with Crippen LogP contribution in [-0.4, -0.2) is 7.28 Å². The van der Waals surface area contributed by atoms with Crippen LogP contribution in [0, 0.1) is 11.8 Å². The lowest BCUT2D eigenvalue weighted by Gasteiger charge is -2.05. The van der Waals surface area contributed by atoms with Crippen LogP contribution in [0.2, 0.25) is 13.1 Å². The van der Waals surface area contributed by atoms with Crippen LogP contribution in [0.15, 0.2) is 36.0 Å². The highest BCUT2D eigenvalue weighted by Crippen LogP contribution is 2.15. The molecular formula is C14H21B. The summed E-state index contributed by atoms with van der Waals surface area (Å²) < 4.78 is 0. The van der Waals surface area contributed by atoms with E-state index in [0.717, 1.165) is 26.4 Å². The zero-order valence-corrected chi connectivity index (χ0v) is 10.3. The molecule has 0 aliphatic heterocycles. The molecule has 0 nitrogen and oxygen atoms in total. The van der Waals surface area contributed by atoms with Crippen LogP contribution >= 0.6 is 0 Å². The summed E-state index contributed by atoms with van der Waals surface area (Å²) in [7, 11) is 1.15. The van der Waals surface area contributed by atoms with E-state index in [1.54, 1.807) is 0 Å². The van der Waals surface area contributed by atoms with Crippen molar-refractivity contribution < 1.29 is 0 Å². The lowest BCUT2D eigenvalue weighted by molar-refractivity contribution is 1.06. The van der Waals surface area contributed by atoms with Gasteiger partial charge in [-0.3, -0.25) is 0 Å². The van der Waals surface area contributed by atoms with Crippen LogP contribution in [0.3, 0.4) is 0 Å². The van der Waals surface area contributed by atoms with Crippen molar-refractivity contribution in [3.05, 3.63) is 36.0 Å². The Kier molecular flexibility index (Phi) is 7.55. The number of allylic oxidation sites excluding steroid dienone is 4. The number of rotatable bonds is 6. The summed E-state index contributed by atoms with van der Waals surface area (Å²) in [6.07, 6.45) is 5.03. The molecule has 0 amide bonds. The molecule has 0 spiro atoms. The van der Waals surface area contributed by atoms with Gasteiger partial charge in [0.15, 0.2) is 0 Å². The van der Waals surface area contributed by atoms with Crippen LogP contribution in [0.5, 0.6) is 0 Å². The molecule has 0 heterocycles. The van der Waals surface area contributed by atoms with Gasteiger partial charge >= 0.3 is 0 Å². The van der Waals surface area contributed by atoms with Crippen molar-refractivity contribution in [3.8, 4) is 11.8 Å². The first kappa shape index (κ1) is 13.8. The summed E-state index contributed by atoms with van der Waals surface area (Å²) in [5.74, 6) is 6.03. The van der Waals surface area contributed by atoms with Gasteiger partial charge in [-0.15, -0.1) is 5.92 Å². The van der Waals surface area contributed by atoms with Crippen molar-refractivity contribution in [3.63, 3.8) is 0 Å². The third-order valence-electron chi connectivity index (χ3n) is 2.00. The summed E-state index contributed by atoms with van der Waals surface area (Å²) in [5, 5.41) is 0. The average Bonchev–Trinajstić information content (AvgIpc) is 2.13. The second kappa shape index (κ2) is 8.18. The zero-order valence-electron chi connectivity index (χ0n) is 10.3. The molecule has 0 aliphatic carbocycles. The maximum absolute atomic E-state index is 4.05. The summed E-state index contributed by atoms with van der Waals surface area (Å²) in [6, 6.07) is 0. The van der Waals surface area contributed by atoms with Gasteiger partial charge in [0.2, 0.25) is 0 Å². The minimum atomic E-state index is 0.839. The topological polar surface area (TPSA) is 0 Å². The third kappa shape index (κ3) is 7.88. The van der Waals surface area contributed by atoms with Crippen molar-refractivity contribution in [1.82, 2.24) is 0 Å². The Balaban J connectivity index is 4.49. The van der Waals surface area contributed by atoms with E-state index in [4.69, 9.17) is 0 Å². The van der Waals surface area contributed by atoms with E-state index >= 15 is 0 Å². The molecule has 0 atom stereocenters. The number of hydrogen-bond acceptors (Lipinski definition) is 0. The number of hydrogen-bond donors (Lipinski definition) is 0. The smallest absolute Gasteiger partial charge is 0.106 e. The van der Waals surface area contributed by atoms with Crippen LogP contribution in [-0.2, 0) is 0 Å². The van der Waals surface area contributed by atoms with Crippen LogP contribution < -0.4 is 0 Å². The average molecular weight is 200 g/mol. The first-order valence-corrected chi connectivity index (χ1v) is 5.51. The normalized spacial score (nSPS) is 10.2. The highest BCUT2D eigenvalue weighted by molar-refractivity contribution is 6.34. The lowest BCUT2D eigenvalue weighted by atomic mass is 9.75. The Morgan fingerprint density at radius 1 is 1.40 bits per heavy atom. The van der Waals surface area contributed by atoms with Crippen molar-refractivity contribution in [2.24, 2.45) is 0 Å². The van der Waals surface area contributed by atoms with Gasteiger partial charge in [-0.2, -0.15) is 0 Å². The van der Waals surface area contributed by atoms with Gasteiger partial charge in [0, 0.05) is 6.42 Å². The standard InChI is InChI=1S/C14H21B/c1-6-7-8-14(9-12(2)3)10-13(4)11-15-5/h10,15H,2,4,8-9,11H2,1,3,5H3/b14-10+. The van der Waals surface area contributed by atoms with Crippen molar-refractivity contribution in [2.75, 3.05) is 0 Å². The predicted octanol–water partition coefficient (Wildman–Crippen LogP) is 3.75. The van der Waals surface area contributed by atoms with Gasteiger partial charge in [0.25, 0.3) is 0 Å². The molecule has 0 bridgehead atoms. The van der Waals surface area contributed by atoms with Gasteiger partial charge in [0.05, 0.1) is 0 Å². The molecule has 0 aliphatic rings. The molecule has 0 radical (unpaired) electrons. The minimum absolute atomic E-state index is 0.839. The molecule has 1 heteroatoms. The molecule has 0 saturated heterocycles. The first-order chi connectivity index (χ1) is 7.10. The fourth-order valence-corrected chi connectivity index (χ4v) is 1.44. The molecule has 15 heavy (non-hydrogen) atoms. The quantitative estimate of drug-likeness (QED) is 0.265. The Morgan fingerprint density at radius 2 is 2.07 bits per heavy atom. The van der Waals surface area contributed by atoms with Gasteiger partial charge in [-0.25, -0.2) is 0 Å². The summed E-state index contributed by atoms with van der Waals surface area (Å²) in [4.78, 5) is 0. The largest absolute Gasteiger partial charge is 0.122 e. The van der Waals surface area contributed by atoms with E-state index in [1.165, 1.54) is 16.7 Å². The van der Waals surface area contributed by atoms with Crippen molar-refractivity contribution >= 4 is 7.28 Å². The molecule has 0 aromatic carbocycles. The molecule has 0 N–H and O–H groups in total. The Morgan fingerprint density at radius 3 is 2.53 bits per heavy atom. The Labute approximate surface area is 95.4 Å². The SMILES string of the molecule is C=C(C)C/C(=C/C(=C)CBC)CC#CC. The molecular weight excluding hydrogens is 179 g/mol. The highest BCUT2D eigenvalue weighted by atomic mass is 14.0. The van der Waals surface area contributed by atoms with Gasteiger partial charge < -0.3 is 0 Å². The van der Waals surface area contributed by atoms with E-state index in [9.17, 15) is 0 Å². The Bertz CT molecular complexity index is 310. The monoisotopic (exact) mass is 200 g/mol. The van der Waals surface area contributed by atoms with E-state index in [1.807, 2.05) is 6.92 Å². The second-order valence-electron chi connectivity index (χ2n) is 3.95. The molecule has 0 aromatic rings. The molecule has 80 valence electrons. The van der Waals surface area contributed by atoms with Crippen LogP contribution in [0.4, 0.5) is 0 Å². The summed E-state index contributed by atoms with van der Waals surface area (Å²) in [5.41, 5.74) is 3.71. The second-order valence-corrected chi connectivity index (χ2v) is 3.95. The van der Waals surface area contributed by atoms with E-state index < -0.39 is 0 Å². The summed E-state index contributed by atoms with van der Waals surface area (Å²) in [6.45, 7) is 14.1. The van der Waals surface area contributed by atoms with E-state index in [0.29, 0.717) is 0 Å². The van der Waals surface area contributed by atoms with Crippen molar-refractivity contribution in [2.45, 2.75) is 39.8 Å². The third-order valence-corrected chi connectivity index (χ3v) is 2.00. The molecule has 0 aromatic heterocycles. The van der Waals surface area contributed by atoms with Gasteiger partial charge in [0.1, 0.15) is 7.28 Å². The van der Waals surface area contributed by atoms with E-state index in [-0.39, 0.29) is 0 Å². The molecule has 0 rings (SSSR count). The zero-order chi connectivity index (χ0) is 11.7. The molecule has 0 fully saturated rings. The highest BCUT2D eigenvalue weighted by Gasteiger charge is 1.98. The molecule has 0 saturated carbocycles. The van der Waals surface area contributed by atoms with Crippen molar-refractivity contribution in [1.29, 1.82) is 0 Å². The minimum Gasteiger partial charge on any atom is -0.106 e. The Hall–Kier alpha value is -1.16. The van der Waals surface area contributed by atoms with Gasteiger partial charge in [-0.1, -0.05) is 55.0 Å². The van der Waals surface area contributed by atoms with E-state index in [2.05, 4.69) is 44.8 Å². The fourth-order valence-electron chi connectivity index (χ4n) is 1.44. The lowest BCUT2D eigenvalue weighted by Crippen LogP contribution is -1.88. The van der Waals surface area contributed by atoms with Crippen LogP contribution in [0.1, 0.15) is 26.7 Å². The fraction of sp³-hybridized carbons (Fsp3) is 0.429. The molecule has 0 unspecified atom stereocenters. The summed E-state index contributed by atoms with van der Waals surface area (Å²) >= 11 is 0. The van der Waals surface area contributed by atoms with Crippen LogP contribution in [0.25, 0.3) is 0 Å². The maximum Gasteiger partial charge on any atom is 0.122 e. The first-order valence-electron chi connectivity index (χ1n) is 5.51. The predicted molar refractivity (Wildman–Crippen MR) is 72.5 cm³/mol.